The summed E-state index contributed by atoms with van der Waals surface area (Å²) >= 11 is 0. The Labute approximate surface area is 97.1 Å². The summed E-state index contributed by atoms with van der Waals surface area (Å²) in [6, 6.07) is 0. The van der Waals surface area contributed by atoms with E-state index in [2.05, 4.69) is 11.9 Å². The van der Waals surface area contributed by atoms with Crippen molar-refractivity contribution in [1.82, 2.24) is 5.32 Å². The largest absolute Gasteiger partial charge is 0.444 e. The Kier molecular flexibility index (Phi) is 6.46. The van der Waals surface area contributed by atoms with Gasteiger partial charge in [0.05, 0.1) is 0 Å². The highest BCUT2D eigenvalue weighted by Crippen LogP contribution is 2.06. The van der Waals surface area contributed by atoms with Crippen molar-refractivity contribution >= 4 is 11.9 Å². The number of carbonyl (C=O) groups excluding carboxylic acids is 2. The normalized spacial score (nSPS) is 10.7. The Morgan fingerprint density at radius 1 is 1.31 bits per heavy atom. The molecule has 0 aliphatic rings. The van der Waals surface area contributed by atoms with Gasteiger partial charge in [-0.15, -0.1) is 6.58 Å². The van der Waals surface area contributed by atoms with E-state index in [1.165, 1.54) is 0 Å². The van der Waals surface area contributed by atoms with E-state index >= 15 is 0 Å². The number of ketones is 1. The topological polar surface area (TPSA) is 55.4 Å². The Morgan fingerprint density at radius 3 is 2.44 bits per heavy atom. The van der Waals surface area contributed by atoms with Crippen LogP contribution in [0, 0.1) is 0 Å². The molecule has 0 unspecified atom stereocenters. The van der Waals surface area contributed by atoms with Crippen LogP contribution >= 0.6 is 0 Å². The van der Waals surface area contributed by atoms with Crippen LogP contribution in [0.4, 0.5) is 4.79 Å². The lowest BCUT2D eigenvalue weighted by Crippen LogP contribution is -2.33. The maximum absolute atomic E-state index is 11.2. The smallest absolute Gasteiger partial charge is 0.407 e. The van der Waals surface area contributed by atoms with Gasteiger partial charge >= 0.3 is 6.09 Å². The van der Waals surface area contributed by atoms with Crippen LogP contribution in [0.1, 0.15) is 40.0 Å². The summed E-state index contributed by atoms with van der Waals surface area (Å²) in [6.07, 6.45) is 2.74. The average molecular weight is 227 g/mol. The number of nitrogens with one attached hydrogen (secondary N) is 1. The van der Waals surface area contributed by atoms with Crippen LogP contribution < -0.4 is 5.32 Å². The molecule has 0 aliphatic heterocycles. The van der Waals surface area contributed by atoms with Gasteiger partial charge in [-0.3, -0.25) is 4.79 Å². The predicted molar refractivity (Wildman–Crippen MR) is 63.3 cm³/mol. The Morgan fingerprint density at radius 2 is 1.94 bits per heavy atom. The monoisotopic (exact) mass is 227 g/mol. The summed E-state index contributed by atoms with van der Waals surface area (Å²) in [7, 11) is 0. The van der Waals surface area contributed by atoms with Crippen LogP contribution in [0.3, 0.4) is 0 Å². The zero-order valence-corrected chi connectivity index (χ0v) is 10.3. The maximum Gasteiger partial charge on any atom is 0.407 e. The van der Waals surface area contributed by atoms with Crippen LogP contribution in [-0.2, 0) is 9.53 Å². The van der Waals surface area contributed by atoms with Crippen molar-refractivity contribution in [3.8, 4) is 0 Å². The fourth-order valence-corrected chi connectivity index (χ4v) is 1.01. The van der Waals surface area contributed by atoms with Crippen molar-refractivity contribution in [2.45, 2.75) is 45.6 Å². The number of amides is 1. The highest BCUT2D eigenvalue weighted by Gasteiger charge is 2.15. The first-order valence-corrected chi connectivity index (χ1v) is 5.44. The lowest BCUT2D eigenvalue weighted by Gasteiger charge is -2.19. The van der Waals surface area contributed by atoms with Crippen molar-refractivity contribution in [3.05, 3.63) is 12.7 Å². The third-order valence-electron chi connectivity index (χ3n) is 1.70. The molecule has 4 nitrogen and oxygen atoms in total. The fourth-order valence-electron chi connectivity index (χ4n) is 1.01. The first kappa shape index (κ1) is 14.7. The molecule has 0 aromatic heterocycles. The van der Waals surface area contributed by atoms with E-state index < -0.39 is 11.7 Å². The Bertz CT molecular complexity index is 253. The minimum absolute atomic E-state index is 0.121. The minimum Gasteiger partial charge on any atom is -0.444 e. The number of rotatable bonds is 6. The average Bonchev–Trinajstić information content (AvgIpc) is 2.11. The molecule has 16 heavy (non-hydrogen) atoms. The molecule has 0 radical (unpaired) electrons. The highest BCUT2D eigenvalue weighted by atomic mass is 16.6. The molecule has 4 heteroatoms. The van der Waals surface area contributed by atoms with Gasteiger partial charge in [-0.2, -0.15) is 0 Å². The van der Waals surface area contributed by atoms with E-state index in [1.54, 1.807) is 26.8 Å². The first-order chi connectivity index (χ1) is 7.35. The van der Waals surface area contributed by atoms with Gasteiger partial charge in [-0.1, -0.05) is 6.08 Å². The van der Waals surface area contributed by atoms with Crippen molar-refractivity contribution < 1.29 is 14.3 Å². The predicted octanol–water partition coefficient (Wildman–Crippen LogP) is 2.44. The molecular formula is C12H21NO3. The van der Waals surface area contributed by atoms with Gasteiger partial charge in [0.1, 0.15) is 11.4 Å². The van der Waals surface area contributed by atoms with Crippen molar-refractivity contribution in [1.29, 1.82) is 0 Å². The van der Waals surface area contributed by atoms with E-state index in [9.17, 15) is 9.59 Å². The zero-order chi connectivity index (χ0) is 12.6. The second-order valence-corrected chi connectivity index (χ2v) is 4.54. The molecule has 0 saturated carbocycles. The molecule has 0 heterocycles. The number of Topliss-reactive ketones (excluding diaryl/α,β-unsaturated/α-hetero) is 1. The molecule has 1 amide bonds. The van der Waals surface area contributed by atoms with Crippen molar-refractivity contribution in [2.75, 3.05) is 6.54 Å². The van der Waals surface area contributed by atoms with Crippen LogP contribution in [0.25, 0.3) is 0 Å². The molecule has 0 aromatic rings. The maximum atomic E-state index is 11.2. The number of hydrogen-bond acceptors (Lipinski definition) is 3. The molecule has 1 N–H and O–H groups in total. The SMILES string of the molecule is C=CCCC(=O)CCNC(=O)OC(C)(C)C. The van der Waals surface area contributed by atoms with E-state index in [1.807, 2.05) is 0 Å². The lowest BCUT2D eigenvalue weighted by atomic mass is 10.1. The quantitative estimate of drug-likeness (QED) is 0.709. The van der Waals surface area contributed by atoms with E-state index in [-0.39, 0.29) is 5.78 Å². The summed E-state index contributed by atoms with van der Waals surface area (Å²) in [5.74, 6) is 0.121. The number of carbonyl (C=O) groups is 2. The molecule has 0 saturated heterocycles. The summed E-state index contributed by atoms with van der Waals surface area (Å²) < 4.78 is 5.02. The minimum atomic E-state index is -0.503. The second-order valence-electron chi connectivity index (χ2n) is 4.54. The molecule has 0 bridgehead atoms. The molecule has 0 aliphatic carbocycles. The fraction of sp³-hybridized carbons (Fsp3) is 0.667. The van der Waals surface area contributed by atoms with Gasteiger partial charge in [0.25, 0.3) is 0 Å². The molecule has 0 rings (SSSR count). The van der Waals surface area contributed by atoms with Gasteiger partial charge in [-0.25, -0.2) is 4.79 Å². The third kappa shape index (κ3) is 9.24. The number of allylic oxidation sites excluding steroid dienone is 1. The van der Waals surface area contributed by atoms with Crippen molar-refractivity contribution in [3.63, 3.8) is 0 Å². The van der Waals surface area contributed by atoms with Crippen LogP contribution in [0.15, 0.2) is 12.7 Å². The number of hydrogen-bond donors (Lipinski definition) is 1. The van der Waals surface area contributed by atoms with E-state index in [4.69, 9.17) is 4.74 Å². The van der Waals surface area contributed by atoms with E-state index in [0.717, 1.165) is 0 Å². The van der Waals surface area contributed by atoms with Crippen molar-refractivity contribution in [2.24, 2.45) is 0 Å². The van der Waals surface area contributed by atoms with Gasteiger partial charge in [0.2, 0.25) is 0 Å². The summed E-state index contributed by atoms with van der Waals surface area (Å²) in [6.45, 7) is 9.24. The van der Waals surface area contributed by atoms with Crippen LogP contribution in [0.2, 0.25) is 0 Å². The molecule has 0 atom stereocenters. The first-order valence-electron chi connectivity index (χ1n) is 5.44. The van der Waals surface area contributed by atoms with E-state index in [0.29, 0.717) is 25.8 Å². The lowest BCUT2D eigenvalue weighted by molar-refractivity contribution is -0.118. The zero-order valence-electron chi connectivity index (χ0n) is 10.3. The standard InChI is InChI=1S/C12H21NO3/c1-5-6-7-10(14)8-9-13-11(15)16-12(2,3)4/h5H,1,6-9H2,2-4H3,(H,13,15). The molecule has 0 spiro atoms. The highest BCUT2D eigenvalue weighted by molar-refractivity contribution is 5.79. The Hall–Kier alpha value is -1.32. The van der Waals surface area contributed by atoms with Gasteiger partial charge in [-0.05, 0) is 27.2 Å². The number of alkyl carbamates (subject to hydrolysis) is 1. The van der Waals surface area contributed by atoms with Gasteiger partial charge in [0.15, 0.2) is 0 Å². The van der Waals surface area contributed by atoms with Gasteiger partial charge in [0, 0.05) is 19.4 Å². The molecular weight excluding hydrogens is 206 g/mol. The summed E-state index contributed by atoms with van der Waals surface area (Å²) in [5, 5.41) is 2.54. The molecule has 0 aromatic carbocycles. The summed E-state index contributed by atoms with van der Waals surface area (Å²) in [5.41, 5.74) is -0.503. The molecule has 92 valence electrons. The third-order valence-corrected chi connectivity index (χ3v) is 1.70. The number of ether oxygens (including phenoxy) is 1. The van der Waals surface area contributed by atoms with Crippen LogP contribution in [0.5, 0.6) is 0 Å². The van der Waals surface area contributed by atoms with Gasteiger partial charge < -0.3 is 10.1 Å². The second kappa shape index (κ2) is 7.04. The molecule has 0 fully saturated rings. The Balaban J connectivity index is 3.62. The van der Waals surface area contributed by atoms with Crippen LogP contribution in [-0.4, -0.2) is 24.0 Å². The summed E-state index contributed by atoms with van der Waals surface area (Å²) in [4.78, 5) is 22.4.